The number of carbonyl (C=O) groups excluding carboxylic acids is 2. The number of aliphatic carboxylic acids is 1. The standard InChI is InChI=1S/C33H48O6/c1-9-28(14-15-29-24(5)13-16-31(36)39-29)19-22(3)12-10-11-21(2)17-25(6)32(37)27(8)33(38)26(7)18-23(4)20-30(34)35/h10-11,13-17,19-20,22,24-27,29,33,38H,9,12,18H2,1-8H3,(H,34,35)/b11-10+,15-14+,21-17+,23-20+,28-19-/t22-,24-,25-,26+,27-,29-,33-/m1/s1. The molecule has 6 heteroatoms. The monoisotopic (exact) mass is 540 g/mol. The fraction of sp³-hybridized carbons (Fsp3) is 0.545. The molecule has 0 aromatic heterocycles. The van der Waals surface area contributed by atoms with E-state index in [2.05, 4.69) is 26.0 Å². The SMILES string of the molecule is CCC(=C/[C@H](C)C/C=C/C(C)=C/[C@@H](C)C(=O)[C@@H](C)[C@H](O)[C@@H](C)C/C(C)=C/C(=O)O)/C=C/[C@H]1OC(=O)C=C[C@H]1C. The quantitative estimate of drug-likeness (QED) is 0.135. The molecule has 6 nitrogen and oxygen atoms in total. The smallest absolute Gasteiger partial charge is 0.331 e. The molecule has 0 saturated heterocycles. The van der Waals surface area contributed by atoms with Gasteiger partial charge in [-0.05, 0) is 51.0 Å². The van der Waals surface area contributed by atoms with E-state index in [1.807, 2.05) is 58.1 Å². The van der Waals surface area contributed by atoms with Gasteiger partial charge in [-0.15, -0.1) is 0 Å². The average Bonchev–Trinajstić information content (AvgIpc) is 2.86. The van der Waals surface area contributed by atoms with Crippen molar-refractivity contribution in [2.75, 3.05) is 0 Å². The van der Waals surface area contributed by atoms with E-state index >= 15 is 0 Å². The normalized spacial score (nSPS) is 23.0. The van der Waals surface area contributed by atoms with E-state index in [0.29, 0.717) is 17.9 Å². The van der Waals surface area contributed by atoms with E-state index in [1.165, 1.54) is 11.6 Å². The van der Waals surface area contributed by atoms with Crippen molar-refractivity contribution in [1.29, 1.82) is 0 Å². The minimum Gasteiger partial charge on any atom is -0.478 e. The topological polar surface area (TPSA) is 101 Å². The number of carboxylic acids is 1. The van der Waals surface area contributed by atoms with Crippen LogP contribution in [0.4, 0.5) is 0 Å². The summed E-state index contributed by atoms with van der Waals surface area (Å²) in [6, 6.07) is 0. The lowest BCUT2D eigenvalue weighted by Crippen LogP contribution is -2.34. The van der Waals surface area contributed by atoms with Gasteiger partial charge in [-0.2, -0.15) is 0 Å². The predicted octanol–water partition coefficient (Wildman–Crippen LogP) is 6.78. The highest BCUT2D eigenvalue weighted by atomic mass is 16.5. The van der Waals surface area contributed by atoms with Gasteiger partial charge in [0.2, 0.25) is 0 Å². The molecule has 0 aliphatic carbocycles. The molecule has 0 radical (unpaired) electrons. The van der Waals surface area contributed by atoms with E-state index in [0.717, 1.165) is 24.5 Å². The first kappa shape index (κ1) is 34.0. The molecule has 1 rings (SSSR count). The summed E-state index contributed by atoms with van der Waals surface area (Å²) in [7, 11) is 0. The Hall–Kier alpha value is -2.99. The first-order valence-corrected chi connectivity index (χ1v) is 14.0. The van der Waals surface area contributed by atoms with Gasteiger partial charge in [0.1, 0.15) is 11.9 Å². The molecule has 39 heavy (non-hydrogen) atoms. The van der Waals surface area contributed by atoms with Gasteiger partial charge in [-0.25, -0.2) is 9.59 Å². The summed E-state index contributed by atoms with van der Waals surface area (Å²) < 4.78 is 5.39. The van der Waals surface area contributed by atoms with E-state index in [1.54, 1.807) is 13.8 Å². The summed E-state index contributed by atoms with van der Waals surface area (Å²) in [5.41, 5.74) is 2.84. The molecule has 0 saturated carbocycles. The number of cyclic esters (lactones) is 1. The first-order chi connectivity index (χ1) is 18.2. The maximum absolute atomic E-state index is 13.0. The summed E-state index contributed by atoms with van der Waals surface area (Å²) in [6.07, 6.45) is 17.8. The van der Waals surface area contributed by atoms with Crippen LogP contribution in [0.3, 0.4) is 0 Å². The summed E-state index contributed by atoms with van der Waals surface area (Å²) in [5, 5.41) is 19.6. The minimum absolute atomic E-state index is 0.0360. The summed E-state index contributed by atoms with van der Waals surface area (Å²) in [6.45, 7) is 15.4. The number of aliphatic hydroxyl groups excluding tert-OH is 1. The molecule has 7 atom stereocenters. The van der Waals surface area contributed by atoms with Gasteiger partial charge >= 0.3 is 11.9 Å². The van der Waals surface area contributed by atoms with Crippen molar-refractivity contribution in [3.63, 3.8) is 0 Å². The third kappa shape index (κ3) is 12.6. The van der Waals surface area contributed by atoms with Crippen LogP contribution in [0.2, 0.25) is 0 Å². The van der Waals surface area contributed by atoms with Crippen LogP contribution in [0, 0.1) is 29.6 Å². The van der Waals surface area contributed by atoms with Crippen molar-refractivity contribution in [2.45, 2.75) is 86.9 Å². The molecule has 1 heterocycles. The lowest BCUT2D eigenvalue weighted by atomic mass is 9.83. The van der Waals surface area contributed by atoms with Crippen LogP contribution in [-0.2, 0) is 19.1 Å². The Morgan fingerprint density at radius 3 is 2.38 bits per heavy atom. The molecule has 2 N–H and O–H groups in total. The number of hydrogen-bond acceptors (Lipinski definition) is 5. The van der Waals surface area contributed by atoms with Gasteiger partial charge in [-0.1, -0.05) is 94.7 Å². The number of Topliss-reactive ketones (excluding diaryl/α,β-unsaturated/α-hetero) is 1. The average molecular weight is 541 g/mol. The van der Waals surface area contributed by atoms with Crippen LogP contribution in [0.1, 0.15) is 74.7 Å². The number of hydrogen-bond donors (Lipinski definition) is 2. The molecule has 0 aromatic rings. The first-order valence-electron chi connectivity index (χ1n) is 14.0. The number of esters is 1. The van der Waals surface area contributed by atoms with Crippen molar-refractivity contribution >= 4 is 17.7 Å². The fourth-order valence-electron chi connectivity index (χ4n) is 4.75. The third-order valence-electron chi connectivity index (χ3n) is 7.12. The van der Waals surface area contributed by atoms with Gasteiger partial charge in [0.25, 0.3) is 0 Å². The largest absolute Gasteiger partial charge is 0.478 e. The number of ketones is 1. The van der Waals surface area contributed by atoms with Crippen LogP contribution in [-0.4, -0.2) is 40.1 Å². The number of carbonyl (C=O) groups is 3. The molecule has 1 aliphatic heterocycles. The predicted molar refractivity (Wildman–Crippen MR) is 157 cm³/mol. The summed E-state index contributed by atoms with van der Waals surface area (Å²) in [4.78, 5) is 35.3. The van der Waals surface area contributed by atoms with E-state index in [4.69, 9.17) is 9.84 Å². The van der Waals surface area contributed by atoms with Crippen LogP contribution in [0.25, 0.3) is 0 Å². The Labute approximate surface area is 234 Å². The number of carboxylic acid groups (broad SMARTS) is 1. The van der Waals surface area contributed by atoms with Crippen molar-refractivity contribution in [2.24, 2.45) is 29.6 Å². The molecule has 216 valence electrons. The Morgan fingerprint density at radius 2 is 1.77 bits per heavy atom. The molecule has 0 spiro atoms. The molecule has 0 aromatic carbocycles. The lowest BCUT2D eigenvalue weighted by molar-refractivity contribution is -0.143. The highest BCUT2D eigenvalue weighted by Gasteiger charge is 2.29. The van der Waals surface area contributed by atoms with E-state index < -0.39 is 18.0 Å². The molecule has 0 amide bonds. The van der Waals surface area contributed by atoms with E-state index in [9.17, 15) is 19.5 Å². The Bertz CT molecular complexity index is 1020. The zero-order chi connectivity index (χ0) is 29.7. The number of allylic oxidation sites excluding steroid dienone is 8. The second kappa shape index (κ2) is 16.9. The Morgan fingerprint density at radius 1 is 1.10 bits per heavy atom. The van der Waals surface area contributed by atoms with Crippen molar-refractivity contribution in [3.05, 3.63) is 71.4 Å². The third-order valence-corrected chi connectivity index (χ3v) is 7.12. The minimum atomic E-state index is -1.01. The van der Waals surface area contributed by atoms with Gasteiger partial charge in [0, 0.05) is 29.9 Å². The summed E-state index contributed by atoms with van der Waals surface area (Å²) >= 11 is 0. The maximum atomic E-state index is 13.0. The zero-order valence-corrected chi connectivity index (χ0v) is 24.9. The molecule has 1 aliphatic rings. The van der Waals surface area contributed by atoms with Crippen molar-refractivity contribution in [3.8, 4) is 0 Å². The molecule has 0 unspecified atom stereocenters. The van der Waals surface area contributed by atoms with Crippen LogP contribution in [0.5, 0.6) is 0 Å². The Balaban J connectivity index is 2.69. The summed E-state index contributed by atoms with van der Waals surface area (Å²) in [5.74, 6) is -2.01. The van der Waals surface area contributed by atoms with Crippen LogP contribution >= 0.6 is 0 Å². The van der Waals surface area contributed by atoms with E-state index in [-0.39, 0.29) is 35.6 Å². The highest BCUT2D eigenvalue weighted by Crippen LogP contribution is 2.24. The number of aliphatic hydroxyl groups is 1. The van der Waals surface area contributed by atoms with Gasteiger partial charge in [-0.3, -0.25) is 4.79 Å². The van der Waals surface area contributed by atoms with Gasteiger partial charge < -0.3 is 14.9 Å². The van der Waals surface area contributed by atoms with Crippen molar-refractivity contribution < 1.29 is 29.3 Å². The van der Waals surface area contributed by atoms with Crippen LogP contribution in [0.15, 0.2) is 71.4 Å². The lowest BCUT2D eigenvalue weighted by Gasteiger charge is -2.25. The number of ether oxygens (including phenoxy) is 1. The molecular weight excluding hydrogens is 492 g/mol. The fourth-order valence-corrected chi connectivity index (χ4v) is 4.75. The Kier molecular flexibility index (Phi) is 14.7. The highest BCUT2D eigenvalue weighted by molar-refractivity contribution is 5.85. The van der Waals surface area contributed by atoms with Crippen LogP contribution < -0.4 is 0 Å². The second-order valence-electron chi connectivity index (χ2n) is 11.1. The van der Waals surface area contributed by atoms with Crippen molar-refractivity contribution in [1.82, 2.24) is 0 Å². The maximum Gasteiger partial charge on any atom is 0.331 e. The zero-order valence-electron chi connectivity index (χ0n) is 24.9. The van der Waals surface area contributed by atoms with Gasteiger partial charge in [0.15, 0.2) is 0 Å². The second-order valence-corrected chi connectivity index (χ2v) is 11.1. The van der Waals surface area contributed by atoms with Gasteiger partial charge in [0.05, 0.1) is 6.10 Å². The molecule has 0 bridgehead atoms. The molecule has 0 fully saturated rings. The molecular formula is C33H48O6. The number of rotatable bonds is 15.